The van der Waals surface area contributed by atoms with Crippen molar-refractivity contribution in [3.63, 3.8) is 0 Å². The molecule has 218 valence electrons. The number of sulfonamides is 1. The van der Waals surface area contributed by atoms with Gasteiger partial charge < -0.3 is 19.7 Å². The molecule has 1 heterocycles. The van der Waals surface area contributed by atoms with Gasteiger partial charge in [-0.2, -0.15) is 0 Å². The van der Waals surface area contributed by atoms with Crippen molar-refractivity contribution < 1.29 is 31.9 Å². The Balaban J connectivity index is 1.73. The van der Waals surface area contributed by atoms with Crippen LogP contribution in [0.4, 0.5) is 10.1 Å². The van der Waals surface area contributed by atoms with Gasteiger partial charge in [0.1, 0.15) is 31.6 Å². The van der Waals surface area contributed by atoms with Gasteiger partial charge in [-0.05, 0) is 50.6 Å². The van der Waals surface area contributed by atoms with E-state index < -0.39 is 40.2 Å². The number of carbonyl (C=O) groups is 2. The number of carbonyl (C=O) groups excluding carboxylic acids is 2. The number of hydrogen-bond acceptors (Lipinski definition) is 6. The molecule has 0 aromatic heterocycles. The fraction of sp³-hybridized carbons (Fsp3) is 0.333. The fourth-order valence-corrected chi connectivity index (χ4v) is 5.72. The smallest absolute Gasteiger partial charge is 0.264 e. The Morgan fingerprint density at radius 3 is 2.29 bits per heavy atom. The summed E-state index contributed by atoms with van der Waals surface area (Å²) in [6.07, 6.45) is 0.674. The Kier molecular flexibility index (Phi) is 9.49. The van der Waals surface area contributed by atoms with E-state index in [0.29, 0.717) is 31.1 Å². The molecule has 2 atom stereocenters. The van der Waals surface area contributed by atoms with Crippen molar-refractivity contribution in [3.05, 3.63) is 84.2 Å². The van der Waals surface area contributed by atoms with Crippen LogP contribution in [0.25, 0.3) is 0 Å². The molecule has 1 aliphatic rings. The van der Waals surface area contributed by atoms with Gasteiger partial charge >= 0.3 is 0 Å². The van der Waals surface area contributed by atoms with E-state index in [4.69, 9.17) is 9.47 Å². The molecule has 3 aromatic rings. The fourth-order valence-electron chi connectivity index (χ4n) is 4.29. The first-order valence-electron chi connectivity index (χ1n) is 13.4. The second kappa shape index (κ2) is 13.0. The van der Waals surface area contributed by atoms with Crippen LogP contribution in [0, 0.1) is 5.82 Å². The molecule has 3 aromatic carbocycles. The molecule has 1 aliphatic heterocycles. The number of hydrogen-bond donors (Lipinski definition) is 1. The Morgan fingerprint density at radius 1 is 0.951 bits per heavy atom. The van der Waals surface area contributed by atoms with Gasteiger partial charge in [0.15, 0.2) is 11.5 Å². The lowest BCUT2D eigenvalue weighted by molar-refractivity contribution is -0.139. The normalized spacial score (nSPS) is 14.0. The first-order valence-corrected chi connectivity index (χ1v) is 14.9. The zero-order valence-electron chi connectivity index (χ0n) is 23.2. The highest BCUT2D eigenvalue weighted by Gasteiger charge is 2.33. The summed E-state index contributed by atoms with van der Waals surface area (Å²) < 4.78 is 54.7. The molecular formula is C30H34FN3O6S. The van der Waals surface area contributed by atoms with Crippen LogP contribution in [0.3, 0.4) is 0 Å². The summed E-state index contributed by atoms with van der Waals surface area (Å²) in [6, 6.07) is 17.1. The summed E-state index contributed by atoms with van der Waals surface area (Å²) in [5, 5.41) is 2.85. The first kappa shape index (κ1) is 29.9. The lowest BCUT2D eigenvalue weighted by atomic mass is 10.1. The summed E-state index contributed by atoms with van der Waals surface area (Å²) in [4.78, 5) is 28.3. The van der Waals surface area contributed by atoms with E-state index >= 15 is 0 Å². The topological polar surface area (TPSA) is 105 Å². The SMILES string of the molecule is CC[C@H](C)NC(=O)[C@@H](C)N(Cc1ccccc1F)C(=O)CN(c1ccc2c(c1)OCCO2)S(=O)(=O)c1ccccc1. The van der Waals surface area contributed by atoms with Gasteiger partial charge in [-0.3, -0.25) is 13.9 Å². The van der Waals surface area contributed by atoms with Crippen LogP contribution >= 0.6 is 0 Å². The van der Waals surface area contributed by atoms with Crippen molar-refractivity contribution in [2.75, 3.05) is 24.1 Å². The Bertz CT molecular complexity index is 1480. The van der Waals surface area contributed by atoms with Crippen molar-refractivity contribution in [2.24, 2.45) is 0 Å². The summed E-state index contributed by atoms with van der Waals surface area (Å²) in [5.41, 5.74) is 0.370. The van der Waals surface area contributed by atoms with E-state index in [1.54, 1.807) is 30.3 Å². The summed E-state index contributed by atoms with van der Waals surface area (Å²) in [6.45, 7) is 5.06. The monoisotopic (exact) mass is 583 g/mol. The number of rotatable bonds is 11. The summed E-state index contributed by atoms with van der Waals surface area (Å²) in [7, 11) is -4.24. The van der Waals surface area contributed by atoms with Crippen molar-refractivity contribution in [1.82, 2.24) is 10.2 Å². The van der Waals surface area contributed by atoms with Crippen LogP contribution in [-0.4, -0.2) is 57.0 Å². The Hall–Kier alpha value is -4.12. The van der Waals surface area contributed by atoms with E-state index in [1.807, 2.05) is 13.8 Å². The number of anilines is 1. The van der Waals surface area contributed by atoms with Gasteiger partial charge in [-0.1, -0.05) is 43.3 Å². The molecule has 0 fully saturated rings. The van der Waals surface area contributed by atoms with E-state index in [-0.39, 0.29) is 28.7 Å². The highest BCUT2D eigenvalue weighted by Crippen LogP contribution is 2.36. The van der Waals surface area contributed by atoms with E-state index in [0.717, 1.165) is 4.31 Å². The quantitative estimate of drug-likeness (QED) is 0.364. The van der Waals surface area contributed by atoms with Crippen molar-refractivity contribution in [3.8, 4) is 11.5 Å². The molecule has 0 aliphatic carbocycles. The molecule has 41 heavy (non-hydrogen) atoms. The Labute approximate surface area is 239 Å². The van der Waals surface area contributed by atoms with E-state index in [2.05, 4.69) is 5.32 Å². The number of ether oxygens (including phenoxy) is 2. The van der Waals surface area contributed by atoms with Gasteiger partial charge in [0.2, 0.25) is 11.8 Å². The van der Waals surface area contributed by atoms with Crippen LogP contribution in [0.15, 0.2) is 77.7 Å². The minimum atomic E-state index is -4.24. The molecule has 2 amide bonds. The first-order chi connectivity index (χ1) is 19.6. The largest absolute Gasteiger partial charge is 0.486 e. The maximum Gasteiger partial charge on any atom is 0.264 e. The zero-order chi connectivity index (χ0) is 29.6. The van der Waals surface area contributed by atoms with E-state index in [9.17, 15) is 22.4 Å². The molecule has 0 saturated heterocycles. The molecule has 11 heteroatoms. The average Bonchev–Trinajstić information content (AvgIpc) is 2.99. The number of nitrogens with zero attached hydrogens (tertiary/aromatic N) is 2. The van der Waals surface area contributed by atoms with Gasteiger partial charge in [0, 0.05) is 24.2 Å². The number of halogens is 1. The predicted molar refractivity (Wildman–Crippen MR) is 153 cm³/mol. The molecule has 0 radical (unpaired) electrons. The summed E-state index contributed by atoms with van der Waals surface area (Å²) >= 11 is 0. The molecule has 0 saturated carbocycles. The third-order valence-electron chi connectivity index (χ3n) is 6.89. The number of amides is 2. The molecular weight excluding hydrogens is 549 g/mol. The lowest BCUT2D eigenvalue weighted by Gasteiger charge is -2.32. The third kappa shape index (κ3) is 6.97. The van der Waals surface area contributed by atoms with Gasteiger partial charge in [-0.15, -0.1) is 0 Å². The highest BCUT2D eigenvalue weighted by molar-refractivity contribution is 7.92. The minimum absolute atomic E-state index is 0.0223. The second-order valence-corrected chi connectivity index (χ2v) is 11.6. The van der Waals surface area contributed by atoms with Crippen LogP contribution < -0.4 is 19.1 Å². The molecule has 1 N–H and O–H groups in total. The van der Waals surface area contributed by atoms with Crippen molar-refractivity contribution in [2.45, 2.75) is 50.7 Å². The standard InChI is InChI=1S/C30H34FN3O6S/c1-4-21(2)32-30(36)22(3)33(19-23-10-8-9-13-26(23)31)29(35)20-34(41(37,38)25-11-6-5-7-12-25)24-14-15-27-28(18-24)40-17-16-39-27/h5-15,18,21-22H,4,16-17,19-20H2,1-3H3,(H,32,36)/t21-,22+/m0/s1. The van der Waals surface area contributed by atoms with E-state index in [1.165, 1.54) is 54.3 Å². The summed E-state index contributed by atoms with van der Waals surface area (Å²) in [5.74, 6) is -0.852. The maximum absolute atomic E-state index is 14.7. The Morgan fingerprint density at radius 2 is 1.61 bits per heavy atom. The highest BCUT2D eigenvalue weighted by atomic mass is 32.2. The van der Waals surface area contributed by atoms with Crippen molar-refractivity contribution in [1.29, 1.82) is 0 Å². The van der Waals surface area contributed by atoms with Crippen molar-refractivity contribution >= 4 is 27.5 Å². The number of fused-ring (bicyclic) bond motifs is 1. The van der Waals surface area contributed by atoms with Crippen LogP contribution in [0.2, 0.25) is 0 Å². The molecule has 4 rings (SSSR count). The number of nitrogens with one attached hydrogen (secondary N) is 1. The van der Waals surface area contributed by atoms with Gasteiger partial charge in [0.05, 0.1) is 10.6 Å². The molecule has 0 bridgehead atoms. The molecule has 0 spiro atoms. The molecule has 0 unspecified atom stereocenters. The predicted octanol–water partition coefficient (Wildman–Crippen LogP) is 4.12. The van der Waals surface area contributed by atoms with Crippen LogP contribution in [0.1, 0.15) is 32.8 Å². The molecule has 9 nitrogen and oxygen atoms in total. The lowest BCUT2D eigenvalue weighted by Crippen LogP contribution is -2.52. The number of benzene rings is 3. The average molecular weight is 584 g/mol. The van der Waals surface area contributed by atoms with Crippen LogP contribution in [0.5, 0.6) is 11.5 Å². The van der Waals surface area contributed by atoms with Gasteiger partial charge in [0.25, 0.3) is 10.0 Å². The third-order valence-corrected chi connectivity index (χ3v) is 8.68. The van der Waals surface area contributed by atoms with Gasteiger partial charge in [-0.25, -0.2) is 12.8 Å². The van der Waals surface area contributed by atoms with Crippen LogP contribution in [-0.2, 0) is 26.2 Å². The zero-order valence-corrected chi connectivity index (χ0v) is 24.1. The maximum atomic E-state index is 14.7. The second-order valence-electron chi connectivity index (χ2n) is 9.76. The minimum Gasteiger partial charge on any atom is -0.486 e.